The van der Waals surface area contributed by atoms with E-state index in [2.05, 4.69) is 24.8 Å². The maximum absolute atomic E-state index is 5.46. The van der Waals surface area contributed by atoms with E-state index in [-0.39, 0.29) is 0 Å². The van der Waals surface area contributed by atoms with Crippen molar-refractivity contribution in [2.75, 3.05) is 20.2 Å². The molecule has 0 spiro atoms. The van der Waals surface area contributed by atoms with E-state index in [9.17, 15) is 0 Å². The van der Waals surface area contributed by atoms with Crippen molar-refractivity contribution in [3.8, 4) is 17.0 Å². The second-order valence-electron chi connectivity index (χ2n) is 6.45. The molecule has 134 valence electrons. The predicted octanol–water partition coefficient (Wildman–Crippen LogP) is 2.91. The molecule has 0 aliphatic carbocycles. The van der Waals surface area contributed by atoms with Crippen LogP contribution in [0.2, 0.25) is 0 Å². The molecule has 7 heteroatoms. The van der Waals surface area contributed by atoms with Crippen LogP contribution in [0.25, 0.3) is 11.3 Å². The first kappa shape index (κ1) is 16.7. The largest absolute Gasteiger partial charge is 0.496 e. The van der Waals surface area contributed by atoms with Crippen LogP contribution in [0.5, 0.6) is 5.75 Å². The second kappa shape index (κ2) is 7.61. The fourth-order valence-corrected chi connectivity index (χ4v) is 3.41. The first-order valence-electron chi connectivity index (χ1n) is 8.78. The average Bonchev–Trinajstić information content (AvgIpc) is 3.22. The van der Waals surface area contributed by atoms with Gasteiger partial charge in [0.2, 0.25) is 0 Å². The summed E-state index contributed by atoms with van der Waals surface area (Å²) in [5.41, 5.74) is 2.77. The zero-order chi connectivity index (χ0) is 17.8. The Bertz CT molecular complexity index is 845. The molecule has 3 heterocycles. The first-order valence-corrected chi connectivity index (χ1v) is 8.78. The molecule has 3 aromatic rings. The van der Waals surface area contributed by atoms with Crippen LogP contribution in [0.4, 0.5) is 0 Å². The van der Waals surface area contributed by atoms with Crippen molar-refractivity contribution in [3.05, 3.63) is 54.2 Å². The molecule has 7 nitrogen and oxygen atoms in total. The molecule has 4 rings (SSSR count). The number of ether oxygens (including phenoxy) is 1. The summed E-state index contributed by atoms with van der Waals surface area (Å²) < 4.78 is 10.1. The van der Waals surface area contributed by atoms with E-state index in [4.69, 9.17) is 9.72 Å². The summed E-state index contributed by atoms with van der Waals surface area (Å²) in [5.74, 6) is 2.11. The van der Waals surface area contributed by atoms with E-state index in [1.807, 2.05) is 36.5 Å². The molecule has 1 aromatic carbocycles. The standard InChI is InChI=1S/C19H21N5O2/c1-25-18-5-3-2-4-16(18)17-6-9-20-19(22-17)14-7-10-24(11-8-14)13-15-12-21-26-23-15/h2-6,9,12,14H,7-8,10-11,13H2,1H3. The Labute approximate surface area is 152 Å². The zero-order valence-electron chi connectivity index (χ0n) is 14.7. The topological polar surface area (TPSA) is 77.2 Å². The predicted molar refractivity (Wildman–Crippen MR) is 95.6 cm³/mol. The highest BCUT2D eigenvalue weighted by Crippen LogP contribution is 2.31. The van der Waals surface area contributed by atoms with Crippen LogP contribution in [0.3, 0.4) is 0 Å². The summed E-state index contributed by atoms with van der Waals surface area (Å²) in [6.45, 7) is 2.75. The number of rotatable bonds is 5. The number of benzene rings is 1. The average molecular weight is 351 g/mol. The van der Waals surface area contributed by atoms with E-state index in [1.165, 1.54) is 0 Å². The van der Waals surface area contributed by atoms with Gasteiger partial charge in [-0.1, -0.05) is 22.4 Å². The molecule has 0 unspecified atom stereocenters. The van der Waals surface area contributed by atoms with Gasteiger partial charge < -0.3 is 4.74 Å². The lowest BCUT2D eigenvalue weighted by molar-refractivity contribution is 0.195. The Morgan fingerprint density at radius 3 is 2.81 bits per heavy atom. The number of piperidine rings is 1. The first-order chi connectivity index (χ1) is 12.8. The smallest absolute Gasteiger partial charge is 0.132 e. The number of methoxy groups -OCH3 is 1. The molecule has 1 aliphatic rings. The van der Waals surface area contributed by atoms with Crippen molar-refractivity contribution < 1.29 is 9.37 Å². The summed E-state index contributed by atoms with van der Waals surface area (Å²) >= 11 is 0. The molecular weight excluding hydrogens is 330 g/mol. The third-order valence-electron chi connectivity index (χ3n) is 4.80. The van der Waals surface area contributed by atoms with Crippen LogP contribution in [0.1, 0.15) is 30.3 Å². The fourth-order valence-electron chi connectivity index (χ4n) is 3.41. The van der Waals surface area contributed by atoms with E-state index < -0.39 is 0 Å². The van der Waals surface area contributed by atoms with Crippen molar-refractivity contribution in [3.63, 3.8) is 0 Å². The van der Waals surface area contributed by atoms with Gasteiger partial charge in [-0.15, -0.1) is 0 Å². The van der Waals surface area contributed by atoms with Crippen LogP contribution in [0, 0.1) is 0 Å². The molecule has 1 fully saturated rings. The third-order valence-corrected chi connectivity index (χ3v) is 4.80. The summed E-state index contributed by atoms with van der Waals surface area (Å²) in [7, 11) is 1.68. The van der Waals surface area contributed by atoms with Gasteiger partial charge in [-0.25, -0.2) is 14.6 Å². The van der Waals surface area contributed by atoms with Gasteiger partial charge in [-0.2, -0.15) is 0 Å². The summed E-state index contributed by atoms with van der Waals surface area (Å²) in [4.78, 5) is 11.7. The summed E-state index contributed by atoms with van der Waals surface area (Å²) in [5, 5.41) is 7.54. The SMILES string of the molecule is COc1ccccc1-c1ccnc(C2CCN(Cc3cnon3)CC2)n1. The Morgan fingerprint density at radius 2 is 2.04 bits per heavy atom. The number of para-hydroxylation sites is 1. The Balaban J connectivity index is 1.46. The highest BCUT2D eigenvalue weighted by atomic mass is 16.6. The Kier molecular flexibility index (Phi) is 4.88. The van der Waals surface area contributed by atoms with E-state index in [1.54, 1.807) is 13.3 Å². The molecular formula is C19H21N5O2. The number of aromatic nitrogens is 4. The number of likely N-dealkylation sites (tertiary alicyclic amines) is 1. The van der Waals surface area contributed by atoms with Gasteiger partial charge in [0.25, 0.3) is 0 Å². The van der Waals surface area contributed by atoms with Crippen molar-refractivity contribution in [1.82, 2.24) is 25.2 Å². The molecule has 0 saturated carbocycles. The third kappa shape index (κ3) is 3.57. The molecule has 0 N–H and O–H groups in total. The molecule has 2 aromatic heterocycles. The normalized spacial score (nSPS) is 15.9. The number of hydrogen-bond acceptors (Lipinski definition) is 7. The van der Waals surface area contributed by atoms with Gasteiger partial charge in [-0.05, 0) is 44.1 Å². The van der Waals surface area contributed by atoms with Gasteiger partial charge in [-0.3, -0.25) is 4.90 Å². The lowest BCUT2D eigenvalue weighted by Gasteiger charge is -2.30. The highest BCUT2D eigenvalue weighted by Gasteiger charge is 2.23. The number of hydrogen-bond donors (Lipinski definition) is 0. The van der Waals surface area contributed by atoms with Gasteiger partial charge in [0.05, 0.1) is 19.0 Å². The highest BCUT2D eigenvalue weighted by molar-refractivity contribution is 5.66. The quantitative estimate of drug-likeness (QED) is 0.699. The molecule has 1 aliphatic heterocycles. The zero-order valence-corrected chi connectivity index (χ0v) is 14.7. The maximum atomic E-state index is 5.46. The van der Waals surface area contributed by atoms with Gasteiger partial charge in [0, 0.05) is 24.2 Å². The van der Waals surface area contributed by atoms with Crippen molar-refractivity contribution in [2.24, 2.45) is 0 Å². The maximum Gasteiger partial charge on any atom is 0.132 e. The molecule has 1 saturated heterocycles. The summed E-state index contributed by atoms with van der Waals surface area (Å²) in [6, 6.07) is 9.88. The summed E-state index contributed by atoms with van der Waals surface area (Å²) in [6.07, 6.45) is 5.57. The number of nitrogens with zero attached hydrogens (tertiary/aromatic N) is 5. The van der Waals surface area contributed by atoms with E-state index in [0.29, 0.717) is 5.92 Å². The van der Waals surface area contributed by atoms with Crippen LogP contribution in [0.15, 0.2) is 47.4 Å². The van der Waals surface area contributed by atoms with Crippen LogP contribution in [-0.2, 0) is 6.54 Å². The minimum absolute atomic E-state index is 0.372. The second-order valence-corrected chi connectivity index (χ2v) is 6.45. The lowest BCUT2D eigenvalue weighted by atomic mass is 9.95. The molecule has 0 atom stereocenters. The van der Waals surface area contributed by atoms with Gasteiger partial charge >= 0.3 is 0 Å². The molecule has 0 radical (unpaired) electrons. The molecule has 0 amide bonds. The van der Waals surface area contributed by atoms with Gasteiger partial charge in [0.15, 0.2) is 0 Å². The van der Waals surface area contributed by atoms with Crippen LogP contribution >= 0.6 is 0 Å². The van der Waals surface area contributed by atoms with Crippen LogP contribution < -0.4 is 4.74 Å². The molecule has 26 heavy (non-hydrogen) atoms. The van der Waals surface area contributed by atoms with Crippen LogP contribution in [-0.4, -0.2) is 45.4 Å². The molecule has 0 bridgehead atoms. The van der Waals surface area contributed by atoms with Crippen molar-refractivity contribution >= 4 is 0 Å². The van der Waals surface area contributed by atoms with Crippen molar-refractivity contribution in [2.45, 2.75) is 25.3 Å². The lowest BCUT2D eigenvalue weighted by Crippen LogP contribution is -2.33. The monoisotopic (exact) mass is 351 g/mol. The van der Waals surface area contributed by atoms with E-state index in [0.717, 1.165) is 61.0 Å². The Morgan fingerprint density at radius 1 is 1.19 bits per heavy atom. The van der Waals surface area contributed by atoms with Crippen molar-refractivity contribution in [1.29, 1.82) is 0 Å². The minimum atomic E-state index is 0.372. The fraction of sp³-hybridized carbons (Fsp3) is 0.368. The minimum Gasteiger partial charge on any atom is -0.496 e. The van der Waals surface area contributed by atoms with E-state index >= 15 is 0 Å². The van der Waals surface area contributed by atoms with Gasteiger partial charge in [0.1, 0.15) is 17.3 Å². The Hall–Kier alpha value is -2.80.